The normalized spacial score (nSPS) is 26.9. The van der Waals surface area contributed by atoms with Gasteiger partial charge >= 0.3 is 5.97 Å². The predicted octanol–water partition coefficient (Wildman–Crippen LogP) is 1.27. The molecule has 1 saturated heterocycles. The van der Waals surface area contributed by atoms with Gasteiger partial charge < -0.3 is 10.0 Å². The Hall–Kier alpha value is -1.32. The quantitative estimate of drug-likeness (QED) is 0.700. The molecule has 0 spiro atoms. The molecule has 1 aliphatic rings. The molecule has 0 radical (unpaired) electrons. The van der Waals surface area contributed by atoms with Gasteiger partial charge in [0.15, 0.2) is 0 Å². The molecular formula is C11H17NO3. The van der Waals surface area contributed by atoms with Crippen LogP contribution in [0.4, 0.5) is 0 Å². The average molecular weight is 211 g/mol. The summed E-state index contributed by atoms with van der Waals surface area (Å²) in [5.74, 6) is -0.793. The van der Waals surface area contributed by atoms with Crippen LogP contribution >= 0.6 is 0 Å². The molecule has 0 saturated carbocycles. The molecule has 0 aliphatic carbocycles. The highest BCUT2D eigenvalue weighted by Gasteiger charge is 2.26. The zero-order chi connectivity index (χ0) is 11.4. The van der Waals surface area contributed by atoms with E-state index in [1.807, 2.05) is 6.92 Å². The first kappa shape index (κ1) is 11.8. The number of aliphatic carboxylic acids is 1. The largest absolute Gasteiger partial charge is 0.478 e. The van der Waals surface area contributed by atoms with Crippen LogP contribution in [-0.2, 0) is 9.59 Å². The van der Waals surface area contributed by atoms with Crippen molar-refractivity contribution in [1.29, 1.82) is 0 Å². The van der Waals surface area contributed by atoms with Crippen molar-refractivity contribution in [3.05, 3.63) is 12.2 Å². The van der Waals surface area contributed by atoms with Gasteiger partial charge in [-0.1, -0.05) is 6.92 Å². The lowest BCUT2D eigenvalue weighted by atomic mass is 9.92. The van der Waals surface area contributed by atoms with E-state index in [9.17, 15) is 9.59 Å². The lowest BCUT2D eigenvalue weighted by Crippen LogP contribution is -2.45. The van der Waals surface area contributed by atoms with E-state index >= 15 is 0 Å². The Kier molecular flexibility index (Phi) is 3.88. The number of carboxylic acid groups (broad SMARTS) is 1. The summed E-state index contributed by atoms with van der Waals surface area (Å²) in [6.45, 7) is 4.86. The van der Waals surface area contributed by atoms with Gasteiger partial charge in [0, 0.05) is 24.7 Å². The van der Waals surface area contributed by atoms with Crippen molar-refractivity contribution in [2.24, 2.45) is 5.92 Å². The smallest absolute Gasteiger partial charge is 0.328 e. The van der Waals surface area contributed by atoms with Crippen LogP contribution in [0.25, 0.3) is 0 Å². The van der Waals surface area contributed by atoms with Gasteiger partial charge in [0.05, 0.1) is 0 Å². The van der Waals surface area contributed by atoms with Crippen LogP contribution in [0.2, 0.25) is 0 Å². The van der Waals surface area contributed by atoms with Gasteiger partial charge in [-0.3, -0.25) is 4.79 Å². The highest BCUT2D eigenvalue weighted by atomic mass is 16.4. The minimum absolute atomic E-state index is 0.198. The number of carbonyl (C=O) groups is 2. The predicted molar refractivity (Wildman–Crippen MR) is 56.3 cm³/mol. The summed E-state index contributed by atoms with van der Waals surface area (Å²) >= 11 is 0. The van der Waals surface area contributed by atoms with Crippen molar-refractivity contribution < 1.29 is 14.7 Å². The van der Waals surface area contributed by atoms with Crippen molar-refractivity contribution in [1.82, 2.24) is 4.90 Å². The molecule has 1 rings (SSSR count). The van der Waals surface area contributed by atoms with Gasteiger partial charge in [0.25, 0.3) is 0 Å². The Labute approximate surface area is 89.6 Å². The van der Waals surface area contributed by atoms with Crippen molar-refractivity contribution >= 4 is 11.9 Å². The van der Waals surface area contributed by atoms with Gasteiger partial charge in [0.2, 0.25) is 5.91 Å². The fourth-order valence-corrected chi connectivity index (χ4v) is 1.88. The van der Waals surface area contributed by atoms with E-state index in [0.717, 1.165) is 31.5 Å². The highest BCUT2D eigenvalue weighted by molar-refractivity contribution is 5.94. The standard InChI is InChI=1S/C11H17NO3/c1-8-4-3-7-12(9(8)2)10(13)5-6-11(14)15/h5-6,8-9H,3-4,7H2,1-2H3,(H,14,15). The number of nitrogens with zero attached hydrogens (tertiary/aromatic N) is 1. The van der Waals surface area contributed by atoms with Gasteiger partial charge in [-0.05, 0) is 25.7 Å². The number of piperidine rings is 1. The van der Waals surface area contributed by atoms with Crippen molar-refractivity contribution in [3.8, 4) is 0 Å². The fourth-order valence-electron chi connectivity index (χ4n) is 1.88. The highest BCUT2D eigenvalue weighted by Crippen LogP contribution is 2.22. The van der Waals surface area contributed by atoms with Crippen molar-refractivity contribution in [2.45, 2.75) is 32.7 Å². The Morgan fingerprint density at radius 3 is 2.60 bits per heavy atom. The molecule has 1 aliphatic heterocycles. The number of hydrogen-bond acceptors (Lipinski definition) is 2. The topological polar surface area (TPSA) is 57.6 Å². The number of likely N-dealkylation sites (tertiary alicyclic amines) is 1. The lowest BCUT2D eigenvalue weighted by molar-refractivity contribution is -0.133. The van der Waals surface area contributed by atoms with E-state index in [1.54, 1.807) is 4.90 Å². The molecule has 15 heavy (non-hydrogen) atoms. The maximum Gasteiger partial charge on any atom is 0.328 e. The Morgan fingerprint density at radius 2 is 2.00 bits per heavy atom. The molecule has 0 aromatic carbocycles. The fraction of sp³-hybridized carbons (Fsp3) is 0.636. The minimum Gasteiger partial charge on any atom is -0.478 e. The van der Waals surface area contributed by atoms with Gasteiger partial charge in [-0.2, -0.15) is 0 Å². The zero-order valence-electron chi connectivity index (χ0n) is 9.14. The van der Waals surface area contributed by atoms with E-state index in [1.165, 1.54) is 0 Å². The van der Waals surface area contributed by atoms with Crippen LogP contribution in [-0.4, -0.2) is 34.5 Å². The second kappa shape index (κ2) is 4.96. The van der Waals surface area contributed by atoms with Crippen LogP contribution in [0.5, 0.6) is 0 Å². The van der Waals surface area contributed by atoms with Gasteiger partial charge in [0.1, 0.15) is 0 Å². The molecule has 1 fully saturated rings. The number of hydrogen-bond donors (Lipinski definition) is 1. The molecular weight excluding hydrogens is 194 g/mol. The van der Waals surface area contributed by atoms with Gasteiger partial charge in [-0.15, -0.1) is 0 Å². The molecule has 1 heterocycles. The zero-order valence-corrected chi connectivity index (χ0v) is 9.14. The van der Waals surface area contributed by atoms with Crippen molar-refractivity contribution in [2.75, 3.05) is 6.54 Å². The average Bonchev–Trinajstić information content (AvgIpc) is 2.18. The Bertz CT molecular complexity index is 286. The summed E-state index contributed by atoms with van der Waals surface area (Å²) in [7, 11) is 0. The first-order valence-electron chi connectivity index (χ1n) is 5.24. The van der Waals surface area contributed by atoms with Crippen LogP contribution in [0, 0.1) is 5.92 Å². The summed E-state index contributed by atoms with van der Waals surface area (Å²) < 4.78 is 0. The molecule has 1 N–H and O–H groups in total. The van der Waals surface area contributed by atoms with E-state index in [4.69, 9.17) is 5.11 Å². The maximum absolute atomic E-state index is 11.6. The minimum atomic E-state index is -1.08. The molecule has 4 heteroatoms. The van der Waals surface area contributed by atoms with E-state index in [0.29, 0.717) is 5.92 Å². The second-order valence-corrected chi connectivity index (χ2v) is 4.06. The van der Waals surface area contributed by atoms with Crippen LogP contribution in [0.1, 0.15) is 26.7 Å². The van der Waals surface area contributed by atoms with Crippen LogP contribution in [0.3, 0.4) is 0 Å². The molecule has 84 valence electrons. The van der Waals surface area contributed by atoms with Crippen molar-refractivity contribution in [3.63, 3.8) is 0 Å². The summed E-state index contributed by atoms with van der Waals surface area (Å²) in [4.78, 5) is 23.7. The first-order valence-corrected chi connectivity index (χ1v) is 5.24. The Balaban J connectivity index is 2.62. The van der Waals surface area contributed by atoms with E-state index < -0.39 is 5.97 Å². The molecule has 0 aromatic heterocycles. The summed E-state index contributed by atoms with van der Waals surface area (Å²) in [5.41, 5.74) is 0. The van der Waals surface area contributed by atoms with Crippen LogP contribution in [0.15, 0.2) is 12.2 Å². The van der Waals surface area contributed by atoms with Crippen LogP contribution < -0.4 is 0 Å². The summed E-state index contributed by atoms with van der Waals surface area (Å²) in [6, 6.07) is 0.199. The summed E-state index contributed by atoms with van der Waals surface area (Å²) in [5, 5.41) is 8.42. The first-order chi connectivity index (χ1) is 7.02. The number of amides is 1. The molecule has 2 unspecified atom stereocenters. The molecule has 4 nitrogen and oxygen atoms in total. The maximum atomic E-state index is 11.6. The third-order valence-corrected chi connectivity index (χ3v) is 3.03. The number of carbonyl (C=O) groups excluding carboxylic acids is 1. The summed E-state index contributed by atoms with van der Waals surface area (Å²) in [6.07, 6.45) is 4.16. The van der Waals surface area contributed by atoms with E-state index in [-0.39, 0.29) is 11.9 Å². The SMILES string of the molecule is CC1CCCN(C(=O)C=CC(=O)O)C1C. The second-order valence-electron chi connectivity index (χ2n) is 4.06. The van der Waals surface area contributed by atoms with Gasteiger partial charge in [-0.25, -0.2) is 4.79 Å². The molecule has 2 atom stereocenters. The molecule has 0 bridgehead atoms. The number of rotatable bonds is 2. The lowest BCUT2D eigenvalue weighted by Gasteiger charge is -2.37. The third kappa shape index (κ3) is 3.08. The molecule has 1 amide bonds. The molecule has 0 aromatic rings. The van der Waals surface area contributed by atoms with E-state index in [2.05, 4.69) is 6.92 Å². The monoisotopic (exact) mass is 211 g/mol. The third-order valence-electron chi connectivity index (χ3n) is 3.03. The Morgan fingerprint density at radius 1 is 1.33 bits per heavy atom. The number of carboxylic acids is 1.